The van der Waals surface area contributed by atoms with Gasteiger partial charge in [0.05, 0.1) is 17.7 Å². The quantitative estimate of drug-likeness (QED) is 0.896. The lowest BCUT2D eigenvalue weighted by atomic mass is 10.0. The van der Waals surface area contributed by atoms with Crippen molar-refractivity contribution in [2.75, 3.05) is 33.3 Å². The third-order valence-electron chi connectivity index (χ3n) is 3.43. The van der Waals surface area contributed by atoms with E-state index >= 15 is 0 Å². The first kappa shape index (κ1) is 15.3. The van der Waals surface area contributed by atoms with Gasteiger partial charge in [0.25, 0.3) is 6.43 Å². The zero-order chi connectivity index (χ0) is 14.7. The van der Waals surface area contributed by atoms with E-state index < -0.39 is 12.5 Å². The average molecular weight is 307 g/mol. The molecule has 2 rings (SSSR count). The molecule has 1 aromatic rings. The second-order valence-corrected chi connectivity index (χ2v) is 4.98. The molecule has 1 aromatic carbocycles. The van der Waals surface area contributed by atoms with Crippen LogP contribution in [0.4, 0.5) is 8.78 Å². The minimum Gasteiger partial charge on any atom is -0.506 e. The first-order valence-corrected chi connectivity index (χ1v) is 6.72. The van der Waals surface area contributed by atoms with Crippen LogP contribution in [0.25, 0.3) is 0 Å². The molecule has 0 bridgehead atoms. The molecule has 0 saturated carbocycles. The Morgan fingerprint density at radius 1 is 1.35 bits per heavy atom. The number of piperazine rings is 1. The fraction of sp³-hybridized carbons (Fsp3) is 0.538. The van der Waals surface area contributed by atoms with Gasteiger partial charge in [-0.05, 0) is 12.1 Å². The Morgan fingerprint density at radius 3 is 2.55 bits per heavy atom. The molecule has 2 N–H and O–H groups in total. The summed E-state index contributed by atoms with van der Waals surface area (Å²) >= 11 is 5.85. The van der Waals surface area contributed by atoms with E-state index in [9.17, 15) is 13.9 Å². The first-order chi connectivity index (χ1) is 9.56. The maximum atomic E-state index is 13.5. The molecule has 1 atom stereocenters. The number of phenols is 1. The molecule has 0 spiro atoms. The molecule has 1 fully saturated rings. The van der Waals surface area contributed by atoms with E-state index in [-0.39, 0.29) is 22.1 Å². The van der Waals surface area contributed by atoms with Crippen molar-refractivity contribution in [3.63, 3.8) is 0 Å². The molecule has 1 aliphatic heterocycles. The molecule has 0 unspecified atom stereocenters. The molecule has 0 amide bonds. The number of aromatic hydroxyl groups is 1. The van der Waals surface area contributed by atoms with Gasteiger partial charge in [0.1, 0.15) is 17.5 Å². The fourth-order valence-electron chi connectivity index (χ4n) is 2.45. The molecule has 1 saturated heterocycles. The topological polar surface area (TPSA) is 44.7 Å². The largest absolute Gasteiger partial charge is 0.506 e. The van der Waals surface area contributed by atoms with Crippen molar-refractivity contribution < 1.29 is 18.6 Å². The van der Waals surface area contributed by atoms with Gasteiger partial charge in [0.15, 0.2) is 0 Å². The van der Waals surface area contributed by atoms with Crippen molar-refractivity contribution in [2.24, 2.45) is 0 Å². The molecule has 0 radical (unpaired) electrons. The molecule has 7 heteroatoms. The third-order valence-corrected chi connectivity index (χ3v) is 3.73. The van der Waals surface area contributed by atoms with Gasteiger partial charge in [-0.1, -0.05) is 11.6 Å². The van der Waals surface area contributed by atoms with E-state index in [1.807, 2.05) is 0 Å². The van der Waals surface area contributed by atoms with E-state index in [0.29, 0.717) is 26.2 Å². The SMILES string of the molecule is COc1ccc(Cl)c(O)c1[C@H](C(F)F)N1CCNCC1. The monoisotopic (exact) mass is 306 g/mol. The molecule has 0 aliphatic carbocycles. The summed E-state index contributed by atoms with van der Waals surface area (Å²) in [5.41, 5.74) is 0.0527. The lowest BCUT2D eigenvalue weighted by Gasteiger charge is -2.35. The summed E-state index contributed by atoms with van der Waals surface area (Å²) in [6.45, 7) is 2.22. The normalized spacial score (nSPS) is 18.2. The maximum Gasteiger partial charge on any atom is 0.258 e. The maximum absolute atomic E-state index is 13.5. The van der Waals surface area contributed by atoms with E-state index in [0.717, 1.165) is 0 Å². The predicted molar refractivity (Wildman–Crippen MR) is 72.9 cm³/mol. The van der Waals surface area contributed by atoms with Crippen LogP contribution in [-0.4, -0.2) is 49.7 Å². The van der Waals surface area contributed by atoms with Crippen LogP contribution >= 0.6 is 11.6 Å². The van der Waals surface area contributed by atoms with Crippen LogP contribution in [0.3, 0.4) is 0 Å². The van der Waals surface area contributed by atoms with Crippen LogP contribution in [0.1, 0.15) is 11.6 Å². The Kier molecular flexibility index (Phi) is 5.01. The van der Waals surface area contributed by atoms with Gasteiger partial charge < -0.3 is 15.2 Å². The summed E-state index contributed by atoms with van der Waals surface area (Å²) in [6, 6.07) is 1.69. The summed E-state index contributed by atoms with van der Waals surface area (Å²) in [5.74, 6) is -0.120. The standard InChI is InChI=1S/C13H17ClF2N2O2/c1-20-9-3-2-8(14)12(19)10(9)11(13(15)16)18-6-4-17-5-7-18/h2-3,11,13,17,19H,4-7H2,1H3/t11-/m1/s1. The van der Waals surface area contributed by atoms with Gasteiger partial charge in [0.2, 0.25) is 0 Å². The predicted octanol–water partition coefficient (Wildman–Crippen LogP) is 2.27. The van der Waals surface area contributed by atoms with Crippen LogP contribution < -0.4 is 10.1 Å². The van der Waals surface area contributed by atoms with Gasteiger partial charge >= 0.3 is 0 Å². The molecule has 0 aromatic heterocycles. The van der Waals surface area contributed by atoms with Crippen LogP contribution in [-0.2, 0) is 0 Å². The van der Waals surface area contributed by atoms with Crippen LogP contribution in [0.2, 0.25) is 5.02 Å². The second-order valence-electron chi connectivity index (χ2n) is 4.58. The molecule has 1 aliphatic rings. The lowest BCUT2D eigenvalue weighted by Crippen LogP contribution is -2.47. The van der Waals surface area contributed by atoms with E-state index in [2.05, 4.69) is 5.32 Å². The van der Waals surface area contributed by atoms with Crippen LogP contribution in [0.5, 0.6) is 11.5 Å². The number of alkyl halides is 2. The molecule has 4 nitrogen and oxygen atoms in total. The van der Waals surface area contributed by atoms with Gasteiger partial charge in [-0.2, -0.15) is 0 Å². The molecule has 1 heterocycles. The number of methoxy groups -OCH3 is 1. The summed E-state index contributed by atoms with van der Waals surface area (Å²) in [4.78, 5) is 1.63. The molecule has 112 valence electrons. The molecular formula is C13H17ClF2N2O2. The van der Waals surface area contributed by atoms with E-state index in [1.54, 1.807) is 4.90 Å². The summed E-state index contributed by atoms with van der Waals surface area (Å²) in [7, 11) is 1.38. The number of hydrogen-bond acceptors (Lipinski definition) is 4. The number of nitrogens with one attached hydrogen (secondary N) is 1. The average Bonchev–Trinajstić information content (AvgIpc) is 2.45. The highest BCUT2D eigenvalue weighted by molar-refractivity contribution is 6.32. The molecular weight excluding hydrogens is 290 g/mol. The van der Waals surface area contributed by atoms with Crippen molar-refractivity contribution in [1.29, 1.82) is 0 Å². The number of halogens is 3. The summed E-state index contributed by atoms with van der Waals surface area (Å²) in [5, 5.41) is 13.2. The van der Waals surface area contributed by atoms with Crippen molar-refractivity contribution in [3.8, 4) is 11.5 Å². The number of phenolic OH excluding ortho intramolecular Hbond substituents is 1. The van der Waals surface area contributed by atoms with Gasteiger partial charge in [-0.15, -0.1) is 0 Å². The van der Waals surface area contributed by atoms with Gasteiger partial charge in [0, 0.05) is 26.2 Å². The number of ether oxygens (including phenoxy) is 1. The highest BCUT2D eigenvalue weighted by atomic mass is 35.5. The summed E-state index contributed by atoms with van der Waals surface area (Å²) in [6.07, 6.45) is -2.65. The Hall–Kier alpha value is -1.11. The van der Waals surface area contributed by atoms with Gasteiger partial charge in [-0.25, -0.2) is 8.78 Å². The van der Waals surface area contributed by atoms with Gasteiger partial charge in [-0.3, -0.25) is 4.90 Å². The third kappa shape index (κ3) is 2.97. The number of rotatable bonds is 4. The van der Waals surface area contributed by atoms with E-state index in [1.165, 1.54) is 19.2 Å². The Bertz CT molecular complexity index is 468. The smallest absolute Gasteiger partial charge is 0.258 e. The second kappa shape index (κ2) is 6.56. The van der Waals surface area contributed by atoms with Crippen molar-refractivity contribution in [3.05, 3.63) is 22.7 Å². The van der Waals surface area contributed by atoms with E-state index in [4.69, 9.17) is 16.3 Å². The highest BCUT2D eigenvalue weighted by Gasteiger charge is 2.35. The van der Waals surface area contributed by atoms with Crippen LogP contribution in [0.15, 0.2) is 12.1 Å². The minimum atomic E-state index is -2.65. The Morgan fingerprint density at radius 2 is 2.00 bits per heavy atom. The first-order valence-electron chi connectivity index (χ1n) is 6.34. The summed E-state index contributed by atoms with van der Waals surface area (Å²) < 4.78 is 32.2. The number of benzene rings is 1. The highest BCUT2D eigenvalue weighted by Crippen LogP contribution is 2.43. The van der Waals surface area contributed by atoms with Crippen LogP contribution in [0, 0.1) is 0 Å². The Balaban J connectivity index is 2.45. The fourth-order valence-corrected chi connectivity index (χ4v) is 2.62. The number of nitrogens with zero attached hydrogens (tertiary/aromatic N) is 1. The Labute approximate surface area is 121 Å². The van der Waals surface area contributed by atoms with Crippen molar-refractivity contribution >= 4 is 11.6 Å². The molecule has 20 heavy (non-hydrogen) atoms. The zero-order valence-corrected chi connectivity index (χ0v) is 11.8. The number of hydrogen-bond donors (Lipinski definition) is 2. The van der Waals surface area contributed by atoms with Crippen molar-refractivity contribution in [2.45, 2.75) is 12.5 Å². The lowest BCUT2D eigenvalue weighted by molar-refractivity contribution is 0.0158. The minimum absolute atomic E-state index is 0.0431. The zero-order valence-electron chi connectivity index (χ0n) is 11.1. The van der Waals surface area contributed by atoms with Crippen molar-refractivity contribution in [1.82, 2.24) is 10.2 Å².